The number of thiophene rings is 1. The minimum Gasteiger partial charge on any atom is -0.355 e. The van der Waals surface area contributed by atoms with Gasteiger partial charge in [-0.15, -0.1) is 11.3 Å². The molecule has 0 saturated heterocycles. The quantitative estimate of drug-likeness (QED) is 0.571. The average molecular weight is 386 g/mol. The van der Waals surface area contributed by atoms with Gasteiger partial charge in [-0.2, -0.15) is 0 Å². The first-order valence-corrected chi connectivity index (χ1v) is 10.2. The number of carbonyl (C=O) groups is 3. The molecule has 144 valence electrons. The third-order valence-corrected chi connectivity index (χ3v) is 5.63. The topological polar surface area (TPSA) is 63.2 Å². The second-order valence-electron chi connectivity index (χ2n) is 6.69. The maximum atomic E-state index is 12.0. The van der Waals surface area contributed by atoms with Gasteiger partial charge in [0.2, 0.25) is 5.91 Å². The molecule has 0 aliphatic heterocycles. The summed E-state index contributed by atoms with van der Waals surface area (Å²) < 4.78 is 0. The first-order chi connectivity index (χ1) is 13.0. The number of ketones is 2. The summed E-state index contributed by atoms with van der Waals surface area (Å²) in [6, 6.07) is 13.8. The molecule has 27 heavy (non-hydrogen) atoms. The van der Waals surface area contributed by atoms with Crippen LogP contribution in [0.15, 0.2) is 42.5 Å². The summed E-state index contributed by atoms with van der Waals surface area (Å²) in [5.41, 5.74) is 1.21. The average Bonchev–Trinajstić information content (AvgIpc) is 3.12. The lowest BCUT2D eigenvalue weighted by atomic mass is 9.96. The van der Waals surface area contributed by atoms with Gasteiger partial charge in [0.15, 0.2) is 5.78 Å². The van der Waals surface area contributed by atoms with Crippen LogP contribution in [0.5, 0.6) is 0 Å². The predicted octanol–water partition coefficient (Wildman–Crippen LogP) is 4.68. The fourth-order valence-corrected chi connectivity index (χ4v) is 3.72. The van der Waals surface area contributed by atoms with Crippen LogP contribution in [-0.2, 0) is 9.59 Å². The number of rotatable bonds is 11. The fraction of sp³-hybridized carbons (Fsp3) is 0.409. The molecular formula is C22H27NO3S. The van der Waals surface area contributed by atoms with Gasteiger partial charge in [0, 0.05) is 43.0 Å². The molecule has 0 aliphatic rings. The summed E-state index contributed by atoms with van der Waals surface area (Å²) in [5.74, 6) is 0.122. The minimum absolute atomic E-state index is 0.000416. The Balaban J connectivity index is 1.67. The number of aryl methyl sites for hydroxylation is 1. The van der Waals surface area contributed by atoms with E-state index in [0.29, 0.717) is 11.4 Å². The van der Waals surface area contributed by atoms with Crippen LogP contribution in [-0.4, -0.2) is 24.0 Å². The number of hydrogen-bond donors (Lipinski definition) is 1. The Morgan fingerprint density at radius 2 is 1.67 bits per heavy atom. The van der Waals surface area contributed by atoms with E-state index in [4.69, 9.17) is 0 Å². The van der Waals surface area contributed by atoms with Crippen molar-refractivity contribution in [3.8, 4) is 0 Å². The molecule has 1 N–H and O–H groups in total. The molecule has 0 aliphatic carbocycles. The monoisotopic (exact) mass is 385 g/mol. The molecule has 1 atom stereocenters. The zero-order valence-corrected chi connectivity index (χ0v) is 16.8. The molecule has 1 aromatic carbocycles. The van der Waals surface area contributed by atoms with Crippen molar-refractivity contribution >= 4 is 28.8 Å². The molecule has 2 aromatic rings. The Kier molecular flexibility index (Phi) is 8.40. The van der Waals surface area contributed by atoms with Crippen molar-refractivity contribution in [2.45, 2.75) is 51.9 Å². The summed E-state index contributed by atoms with van der Waals surface area (Å²) in [4.78, 5) is 37.8. The van der Waals surface area contributed by atoms with Crippen LogP contribution in [0.25, 0.3) is 0 Å². The van der Waals surface area contributed by atoms with Gasteiger partial charge in [0.05, 0.1) is 4.88 Å². The van der Waals surface area contributed by atoms with Gasteiger partial charge < -0.3 is 5.32 Å². The molecule has 1 amide bonds. The molecule has 0 fully saturated rings. The predicted molar refractivity (Wildman–Crippen MR) is 109 cm³/mol. The highest BCUT2D eigenvalue weighted by atomic mass is 32.1. The van der Waals surface area contributed by atoms with Crippen LogP contribution in [0, 0.1) is 6.92 Å². The number of hydrogen-bond acceptors (Lipinski definition) is 4. The van der Waals surface area contributed by atoms with Gasteiger partial charge in [0.1, 0.15) is 5.78 Å². The standard InChI is InChI=1S/C22H27NO3S/c1-3-17(18-7-5-4-6-8-18)15-23-22(26)14-11-19(24)10-12-20(25)21-13-9-16(2)27-21/h4-9,13,17H,3,10-12,14-15H2,1-2H3,(H,23,26). The Hall–Kier alpha value is -2.27. The Labute approximate surface area is 165 Å². The Bertz CT molecular complexity index is 767. The molecule has 0 bridgehead atoms. The molecule has 5 heteroatoms. The fourth-order valence-electron chi connectivity index (χ4n) is 2.89. The number of amides is 1. The number of carbonyl (C=O) groups excluding carboxylic acids is 3. The van der Waals surface area contributed by atoms with E-state index >= 15 is 0 Å². The Morgan fingerprint density at radius 3 is 2.30 bits per heavy atom. The second-order valence-corrected chi connectivity index (χ2v) is 7.98. The van der Waals surface area contributed by atoms with Crippen LogP contribution in [0.2, 0.25) is 0 Å². The summed E-state index contributed by atoms with van der Waals surface area (Å²) >= 11 is 1.45. The lowest BCUT2D eigenvalue weighted by Crippen LogP contribution is -2.28. The minimum atomic E-state index is -0.113. The molecule has 0 radical (unpaired) electrons. The first-order valence-electron chi connectivity index (χ1n) is 9.42. The number of nitrogens with one attached hydrogen (secondary N) is 1. The van der Waals surface area contributed by atoms with Crippen LogP contribution in [0.1, 0.15) is 65.1 Å². The molecule has 0 spiro atoms. The number of benzene rings is 1. The van der Waals surface area contributed by atoms with Crippen molar-refractivity contribution in [1.82, 2.24) is 5.32 Å². The Morgan fingerprint density at radius 1 is 0.963 bits per heavy atom. The lowest BCUT2D eigenvalue weighted by Gasteiger charge is -2.16. The van der Waals surface area contributed by atoms with Crippen molar-refractivity contribution in [2.24, 2.45) is 0 Å². The van der Waals surface area contributed by atoms with E-state index in [0.717, 1.165) is 11.3 Å². The normalized spacial score (nSPS) is 11.8. The SMILES string of the molecule is CCC(CNC(=O)CCC(=O)CCC(=O)c1ccc(C)s1)c1ccccc1. The summed E-state index contributed by atoms with van der Waals surface area (Å²) in [5, 5.41) is 2.92. The second kappa shape index (κ2) is 10.8. The van der Waals surface area contributed by atoms with Gasteiger partial charge in [-0.1, -0.05) is 37.3 Å². The van der Waals surface area contributed by atoms with E-state index in [1.165, 1.54) is 16.9 Å². The van der Waals surface area contributed by atoms with Crippen molar-refractivity contribution < 1.29 is 14.4 Å². The van der Waals surface area contributed by atoms with Crippen LogP contribution in [0.4, 0.5) is 0 Å². The van der Waals surface area contributed by atoms with Crippen LogP contribution >= 0.6 is 11.3 Å². The largest absolute Gasteiger partial charge is 0.355 e. The molecule has 1 aromatic heterocycles. The van der Waals surface area contributed by atoms with Gasteiger partial charge in [-0.25, -0.2) is 0 Å². The van der Waals surface area contributed by atoms with Crippen molar-refractivity contribution in [3.63, 3.8) is 0 Å². The van der Waals surface area contributed by atoms with Crippen molar-refractivity contribution in [3.05, 3.63) is 57.8 Å². The molecule has 0 saturated carbocycles. The zero-order valence-electron chi connectivity index (χ0n) is 16.0. The highest BCUT2D eigenvalue weighted by Crippen LogP contribution is 2.19. The van der Waals surface area contributed by atoms with E-state index in [1.807, 2.05) is 31.2 Å². The van der Waals surface area contributed by atoms with E-state index in [9.17, 15) is 14.4 Å². The summed E-state index contributed by atoms with van der Waals surface area (Å²) in [6.45, 7) is 4.62. The van der Waals surface area contributed by atoms with E-state index in [2.05, 4.69) is 24.4 Å². The van der Waals surface area contributed by atoms with Crippen molar-refractivity contribution in [2.75, 3.05) is 6.54 Å². The lowest BCUT2D eigenvalue weighted by molar-refractivity contribution is -0.125. The van der Waals surface area contributed by atoms with E-state index < -0.39 is 0 Å². The molecule has 4 nitrogen and oxygen atoms in total. The summed E-state index contributed by atoms with van der Waals surface area (Å²) in [7, 11) is 0. The first kappa shape index (κ1) is 21.0. The number of Topliss-reactive ketones (excluding diaryl/α,β-unsaturated/α-hetero) is 2. The third-order valence-electron chi connectivity index (χ3n) is 4.59. The van der Waals surface area contributed by atoms with Crippen LogP contribution < -0.4 is 5.32 Å². The zero-order chi connectivity index (χ0) is 19.6. The van der Waals surface area contributed by atoms with Gasteiger partial charge in [-0.05, 0) is 31.0 Å². The highest BCUT2D eigenvalue weighted by Gasteiger charge is 2.14. The third kappa shape index (κ3) is 7.10. The van der Waals surface area contributed by atoms with Crippen molar-refractivity contribution in [1.29, 1.82) is 0 Å². The van der Waals surface area contributed by atoms with Crippen LogP contribution in [0.3, 0.4) is 0 Å². The van der Waals surface area contributed by atoms with Gasteiger partial charge in [0.25, 0.3) is 0 Å². The maximum Gasteiger partial charge on any atom is 0.220 e. The molecular weight excluding hydrogens is 358 g/mol. The molecule has 1 heterocycles. The molecule has 1 unspecified atom stereocenters. The highest BCUT2D eigenvalue weighted by molar-refractivity contribution is 7.14. The molecule has 2 rings (SSSR count). The van der Waals surface area contributed by atoms with E-state index in [-0.39, 0.29) is 49.1 Å². The van der Waals surface area contributed by atoms with Gasteiger partial charge >= 0.3 is 0 Å². The maximum absolute atomic E-state index is 12.0. The smallest absolute Gasteiger partial charge is 0.220 e. The van der Waals surface area contributed by atoms with Gasteiger partial charge in [-0.3, -0.25) is 14.4 Å². The summed E-state index contributed by atoms with van der Waals surface area (Å²) in [6.07, 6.45) is 1.71. The van der Waals surface area contributed by atoms with E-state index in [1.54, 1.807) is 6.07 Å².